The van der Waals surface area contributed by atoms with Gasteiger partial charge in [-0.05, 0) is 44.0 Å². The molecule has 1 aromatic heterocycles. The van der Waals surface area contributed by atoms with Gasteiger partial charge in [-0.1, -0.05) is 49.1 Å². The smallest absolute Gasteiger partial charge is 0.251 e. The number of fused-ring (bicyclic) bond motifs is 1. The number of hydrogen-bond acceptors (Lipinski definition) is 3. The number of aryl methyl sites for hydroxylation is 1. The standard InChI is InChI=1S/C25H30N4O2/c1-18-11-13-19(14-12-18)25(31)26-16-15-23-28-21-9-5-6-10-22(21)29(23)17-24(30)27-20-7-3-2-4-8-20/h5-6,9-14,20H,2-4,7-8,15-17H2,1H3,(H,26,31)(H,27,30). The summed E-state index contributed by atoms with van der Waals surface area (Å²) in [5.41, 5.74) is 3.58. The molecule has 6 heteroatoms. The molecule has 0 spiro atoms. The molecule has 1 fully saturated rings. The fourth-order valence-corrected chi connectivity index (χ4v) is 4.25. The van der Waals surface area contributed by atoms with Crippen LogP contribution in [0, 0.1) is 6.92 Å². The summed E-state index contributed by atoms with van der Waals surface area (Å²) in [7, 11) is 0. The fourth-order valence-electron chi connectivity index (χ4n) is 4.25. The van der Waals surface area contributed by atoms with Gasteiger partial charge in [0.15, 0.2) is 0 Å². The Bertz CT molecular complexity index is 1050. The molecule has 6 nitrogen and oxygen atoms in total. The lowest BCUT2D eigenvalue weighted by atomic mass is 9.95. The van der Waals surface area contributed by atoms with Crippen LogP contribution in [0.25, 0.3) is 11.0 Å². The van der Waals surface area contributed by atoms with Crippen molar-refractivity contribution in [1.29, 1.82) is 0 Å². The lowest BCUT2D eigenvalue weighted by molar-refractivity contribution is -0.122. The quantitative estimate of drug-likeness (QED) is 0.613. The van der Waals surface area contributed by atoms with Crippen LogP contribution in [0.4, 0.5) is 0 Å². The average Bonchev–Trinajstić information content (AvgIpc) is 3.12. The third-order valence-electron chi connectivity index (χ3n) is 5.95. The molecule has 0 atom stereocenters. The van der Waals surface area contributed by atoms with Gasteiger partial charge in [0.1, 0.15) is 12.4 Å². The number of nitrogens with zero attached hydrogens (tertiary/aromatic N) is 2. The summed E-state index contributed by atoms with van der Waals surface area (Å²) in [4.78, 5) is 29.9. The molecule has 0 radical (unpaired) electrons. The van der Waals surface area contributed by atoms with Crippen molar-refractivity contribution in [2.45, 2.75) is 58.0 Å². The summed E-state index contributed by atoms with van der Waals surface area (Å²) in [5, 5.41) is 6.16. The van der Waals surface area contributed by atoms with Gasteiger partial charge in [-0.15, -0.1) is 0 Å². The Balaban J connectivity index is 1.42. The number of benzene rings is 2. The van der Waals surface area contributed by atoms with E-state index in [1.54, 1.807) is 0 Å². The summed E-state index contributed by atoms with van der Waals surface area (Å²) < 4.78 is 1.98. The normalized spacial score (nSPS) is 14.5. The van der Waals surface area contributed by atoms with Crippen LogP contribution < -0.4 is 10.6 Å². The molecule has 0 bridgehead atoms. The largest absolute Gasteiger partial charge is 0.352 e. The predicted molar refractivity (Wildman–Crippen MR) is 122 cm³/mol. The van der Waals surface area contributed by atoms with Gasteiger partial charge < -0.3 is 15.2 Å². The monoisotopic (exact) mass is 418 g/mol. The van der Waals surface area contributed by atoms with Gasteiger partial charge >= 0.3 is 0 Å². The summed E-state index contributed by atoms with van der Waals surface area (Å²) in [6, 6.07) is 15.7. The maximum Gasteiger partial charge on any atom is 0.251 e. The minimum absolute atomic E-state index is 0.0278. The van der Waals surface area contributed by atoms with Gasteiger partial charge in [0.05, 0.1) is 11.0 Å². The third kappa shape index (κ3) is 5.32. The van der Waals surface area contributed by atoms with Crippen molar-refractivity contribution in [3.63, 3.8) is 0 Å². The molecule has 2 N–H and O–H groups in total. The molecular weight excluding hydrogens is 388 g/mol. The van der Waals surface area contributed by atoms with Crippen LogP contribution in [0.1, 0.15) is 53.8 Å². The highest BCUT2D eigenvalue weighted by Crippen LogP contribution is 2.19. The molecule has 1 saturated carbocycles. The molecule has 2 aromatic carbocycles. The molecule has 0 saturated heterocycles. The van der Waals surface area contributed by atoms with E-state index in [9.17, 15) is 9.59 Å². The van der Waals surface area contributed by atoms with E-state index in [1.807, 2.05) is 60.0 Å². The number of hydrogen-bond donors (Lipinski definition) is 2. The lowest BCUT2D eigenvalue weighted by Gasteiger charge is -2.23. The van der Waals surface area contributed by atoms with Crippen LogP contribution in [0.2, 0.25) is 0 Å². The van der Waals surface area contributed by atoms with Crippen LogP contribution >= 0.6 is 0 Å². The first-order chi connectivity index (χ1) is 15.1. The van der Waals surface area contributed by atoms with E-state index in [0.717, 1.165) is 35.3 Å². The first kappa shape index (κ1) is 21.1. The van der Waals surface area contributed by atoms with E-state index in [0.29, 0.717) is 18.5 Å². The van der Waals surface area contributed by atoms with E-state index < -0.39 is 0 Å². The molecule has 0 unspecified atom stereocenters. The van der Waals surface area contributed by atoms with Crippen LogP contribution in [0.5, 0.6) is 0 Å². The number of para-hydroxylation sites is 2. The highest BCUT2D eigenvalue weighted by atomic mass is 16.2. The van der Waals surface area contributed by atoms with E-state index in [4.69, 9.17) is 4.98 Å². The first-order valence-corrected chi connectivity index (χ1v) is 11.2. The Labute approximate surface area is 183 Å². The number of imidazole rings is 1. The molecule has 1 aliphatic carbocycles. The summed E-state index contributed by atoms with van der Waals surface area (Å²) in [5.74, 6) is 0.738. The van der Waals surface area contributed by atoms with Crippen molar-refractivity contribution < 1.29 is 9.59 Å². The Morgan fingerprint density at radius 1 is 1.03 bits per heavy atom. The van der Waals surface area contributed by atoms with Gasteiger partial charge in [0.25, 0.3) is 5.91 Å². The van der Waals surface area contributed by atoms with Crippen molar-refractivity contribution in [3.05, 3.63) is 65.5 Å². The highest BCUT2D eigenvalue weighted by Gasteiger charge is 2.18. The maximum absolute atomic E-state index is 12.7. The van der Waals surface area contributed by atoms with Gasteiger partial charge in [0, 0.05) is 24.6 Å². The fraction of sp³-hybridized carbons (Fsp3) is 0.400. The average molecular weight is 419 g/mol. The Morgan fingerprint density at radius 3 is 2.55 bits per heavy atom. The van der Waals surface area contributed by atoms with E-state index in [-0.39, 0.29) is 24.4 Å². The van der Waals surface area contributed by atoms with Gasteiger partial charge in [-0.2, -0.15) is 0 Å². The van der Waals surface area contributed by atoms with Crippen molar-refractivity contribution in [2.75, 3.05) is 6.54 Å². The summed E-state index contributed by atoms with van der Waals surface area (Å²) in [6.07, 6.45) is 6.32. The Hall–Kier alpha value is -3.15. The molecule has 3 aromatic rings. The second-order valence-corrected chi connectivity index (χ2v) is 8.38. The molecule has 0 aliphatic heterocycles. The number of rotatable bonds is 7. The zero-order valence-corrected chi connectivity index (χ0v) is 18.1. The second-order valence-electron chi connectivity index (χ2n) is 8.38. The molecule has 2 amide bonds. The van der Waals surface area contributed by atoms with Gasteiger partial charge in [-0.3, -0.25) is 9.59 Å². The topological polar surface area (TPSA) is 76.0 Å². The van der Waals surface area contributed by atoms with Crippen LogP contribution in [-0.4, -0.2) is 34.0 Å². The zero-order valence-electron chi connectivity index (χ0n) is 18.1. The number of carbonyl (C=O) groups is 2. The summed E-state index contributed by atoms with van der Waals surface area (Å²) >= 11 is 0. The molecule has 162 valence electrons. The van der Waals surface area contributed by atoms with Gasteiger partial charge in [-0.25, -0.2) is 4.98 Å². The molecule has 1 heterocycles. The highest BCUT2D eigenvalue weighted by molar-refractivity contribution is 5.94. The minimum atomic E-state index is -0.0993. The van der Waals surface area contributed by atoms with Crippen molar-refractivity contribution in [2.24, 2.45) is 0 Å². The molecular formula is C25H30N4O2. The van der Waals surface area contributed by atoms with E-state index >= 15 is 0 Å². The molecule has 4 rings (SSSR count). The minimum Gasteiger partial charge on any atom is -0.352 e. The van der Waals surface area contributed by atoms with Gasteiger partial charge in [0.2, 0.25) is 5.91 Å². The van der Waals surface area contributed by atoms with Crippen LogP contribution in [0.15, 0.2) is 48.5 Å². The first-order valence-electron chi connectivity index (χ1n) is 11.2. The second kappa shape index (κ2) is 9.77. The van der Waals surface area contributed by atoms with Crippen molar-refractivity contribution in [3.8, 4) is 0 Å². The molecule has 1 aliphatic rings. The van der Waals surface area contributed by atoms with E-state index in [1.165, 1.54) is 19.3 Å². The molecule has 31 heavy (non-hydrogen) atoms. The predicted octanol–water partition coefficient (Wildman–Crippen LogP) is 3.77. The maximum atomic E-state index is 12.7. The third-order valence-corrected chi connectivity index (χ3v) is 5.95. The van der Waals surface area contributed by atoms with Crippen molar-refractivity contribution in [1.82, 2.24) is 20.2 Å². The number of nitrogens with one attached hydrogen (secondary N) is 2. The number of aromatic nitrogens is 2. The number of amides is 2. The zero-order chi connectivity index (χ0) is 21.6. The van der Waals surface area contributed by atoms with Crippen LogP contribution in [-0.2, 0) is 17.8 Å². The van der Waals surface area contributed by atoms with E-state index in [2.05, 4.69) is 10.6 Å². The summed E-state index contributed by atoms with van der Waals surface area (Å²) in [6.45, 7) is 2.70. The Morgan fingerprint density at radius 2 is 1.77 bits per heavy atom. The van der Waals surface area contributed by atoms with Crippen molar-refractivity contribution >= 4 is 22.8 Å². The van der Waals surface area contributed by atoms with Crippen LogP contribution in [0.3, 0.4) is 0 Å². The Kier molecular flexibility index (Phi) is 6.65. The lowest BCUT2D eigenvalue weighted by Crippen LogP contribution is -2.38. The number of carbonyl (C=O) groups excluding carboxylic acids is 2. The SMILES string of the molecule is Cc1ccc(C(=O)NCCc2nc3ccccc3n2CC(=O)NC2CCCCC2)cc1.